The van der Waals surface area contributed by atoms with E-state index in [2.05, 4.69) is 56.0 Å². The number of hydrogen-bond acceptors (Lipinski definition) is 2. The van der Waals surface area contributed by atoms with Gasteiger partial charge in [-0.15, -0.1) is 0 Å². The molecule has 0 fully saturated rings. The molecule has 1 aromatic carbocycles. The number of fused-ring (bicyclic) bond motifs is 1. The Labute approximate surface area is 96.9 Å². The average Bonchev–Trinajstić information content (AvgIpc) is 2.23. The Kier molecular flexibility index (Phi) is 2.92. The van der Waals surface area contributed by atoms with Gasteiger partial charge in [0, 0.05) is 23.8 Å². The van der Waals surface area contributed by atoms with Gasteiger partial charge < -0.3 is 4.90 Å². The van der Waals surface area contributed by atoms with E-state index in [4.69, 9.17) is 0 Å². The maximum absolute atomic E-state index is 4.41. The molecule has 0 atom stereocenters. The smallest absolute Gasteiger partial charge is 0.0451 e. The minimum absolute atomic E-state index is 0.974. The van der Waals surface area contributed by atoms with Crippen LogP contribution in [-0.4, -0.2) is 24.0 Å². The van der Waals surface area contributed by atoms with Crippen molar-refractivity contribution in [2.45, 2.75) is 20.4 Å². The molecule has 0 aliphatic carbocycles. The first kappa shape index (κ1) is 11.1. The van der Waals surface area contributed by atoms with Crippen LogP contribution in [0.25, 0.3) is 10.8 Å². The number of nitrogens with zero attached hydrogens (tertiary/aromatic N) is 2. The van der Waals surface area contributed by atoms with Gasteiger partial charge in [0.2, 0.25) is 0 Å². The molecular weight excluding hydrogens is 196 g/mol. The number of aryl methyl sites for hydroxylation is 2. The summed E-state index contributed by atoms with van der Waals surface area (Å²) >= 11 is 0. The zero-order chi connectivity index (χ0) is 11.7. The highest BCUT2D eigenvalue weighted by Crippen LogP contribution is 2.24. The fourth-order valence-corrected chi connectivity index (χ4v) is 2.17. The summed E-state index contributed by atoms with van der Waals surface area (Å²) in [4.78, 5) is 6.61. The third-order valence-electron chi connectivity index (χ3n) is 2.87. The van der Waals surface area contributed by atoms with Crippen molar-refractivity contribution in [1.29, 1.82) is 0 Å². The quantitative estimate of drug-likeness (QED) is 0.764. The van der Waals surface area contributed by atoms with Crippen LogP contribution in [0.4, 0.5) is 0 Å². The van der Waals surface area contributed by atoms with Crippen molar-refractivity contribution in [3.8, 4) is 0 Å². The predicted octanol–water partition coefficient (Wildman–Crippen LogP) is 2.91. The Morgan fingerprint density at radius 2 is 1.94 bits per heavy atom. The molecule has 0 unspecified atom stereocenters. The summed E-state index contributed by atoms with van der Waals surface area (Å²) in [6.07, 6.45) is 1.97. The number of hydrogen-bond donors (Lipinski definition) is 0. The van der Waals surface area contributed by atoms with Crippen LogP contribution < -0.4 is 0 Å². The van der Waals surface area contributed by atoms with Crippen LogP contribution >= 0.6 is 0 Å². The molecule has 0 radical (unpaired) electrons. The number of aromatic nitrogens is 1. The molecule has 0 spiro atoms. The van der Waals surface area contributed by atoms with Crippen LogP contribution in [0.3, 0.4) is 0 Å². The Bertz CT molecular complexity index is 515. The van der Waals surface area contributed by atoms with Crippen molar-refractivity contribution in [1.82, 2.24) is 9.88 Å². The van der Waals surface area contributed by atoms with Crippen molar-refractivity contribution in [2.75, 3.05) is 14.1 Å². The van der Waals surface area contributed by atoms with E-state index >= 15 is 0 Å². The van der Waals surface area contributed by atoms with Crippen LogP contribution in [0, 0.1) is 13.8 Å². The monoisotopic (exact) mass is 214 g/mol. The molecule has 1 aromatic heterocycles. The highest BCUT2D eigenvalue weighted by Gasteiger charge is 2.07. The van der Waals surface area contributed by atoms with Gasteiger partial charge in [0.25, 0.3) is 0 Å². The van der Waals surface area contributed by atoms with Crippen molar-refractivity contribution in [3.63, 3.8) is 0 Å². The van der Waals surface area contributed by atoms with Gasteiger partial charge >= 0.3 is 0 Å². The van der Waals surface area contributed by atoms with Gasteiger partial charge in [0.15, 0.2) is 0 Å². The van der Waals surface area contributed by atoms with Gasteiger partial charge in [0.1, 0.15) is 0 Å². The SMILES string of the molecule is Cc1ncc(C)c2c(CN(C)C)cccc12. The van der Waals surface area contributed by atoms with E-state index in [9.17, 15) is 0 Å². The number of pyridine rings is 1. The highest BCUT2D eigenvalue weighted by atomic mass is 15.0. The van der Waals surface area contributed by atoms with Gasteiger partial charge in [-0.2, -0.15) is 0 Å². The molecule has 0 aliphatic rings. The molecule has 1 heterocycles. The second-order valence-corrected chi connectivity index (χ2v) is 4.60. The number of rotatable bonds is 2. The molecule has 2 rings (SSSR count). The zero-order valence-electron chi connectivity index (χ0n) is 10.4. The molecule has 0 N–H and O–H groups in total. The first-order chi connectivity index (χ1) is 7.59. The largest absolute Gasteiger partial charge is 0.305 e. The van der Waals surface area contributed by atoms with Gasteiger partial charge in [-0.1, -0.05) is 18.2 Å². The van der Waals surface area contributed by atoms with E-state index in [1.54, 1.807) is 0 Å². The Hall–Kier alpha value is -1.41. The molecule has 2 heteroatoms. The van der Waals surface area contributed by atoms with Crippen LogP contribution in [0.15, 0.2) is 24.4 Å². The van der Waals surface area contributed by atoms with E-state index in [-0.39, 0.29) is 0 Å². The Morgan fingerprint density at radius 3 is 2.62 bits per heavy atom. The molecular formula is C14H18N2. The normalized spacial score (nSPS) is 11.3. The fourth-order valence-electron chi connectivity index (χ4n) is 2.17. The van der Waals surface area contributed by atoms with E-state index in [1.807, 2.05) is 6.20 Å². The molecule has 2 nitrogen and oxygen atoms in total. The average molecular weight is 214 g/mol. The molecule has 16 heavy (non-hydrogen) atoms. The first-order valence-electron chi connectivity index (χ1n) is 5.58. The maximum atomic E-state index is 4.41. The van der Waals surface area contributed by atoms with Gasteiger partial charge in [-0.05, 0) is 44.5 Å². The van der Waals surface area contributed by atoms with Crippen molar-refractivity contribution >= 4 is 10.8 Å². The Morgan fingerprint density at radius 1 is 1.19 bits per heavy atom. The molecule has 0 amide bonds. The van der Waals surface area contributed by atoms with Crippen LogP contribution in [-0.2, 0) is 6.54 Å². The van der Waals surface area contributed by atoms with E-state index in [1.165, 1.54) is 21.9 Å². The minimum atomic E-state index is 0.974. The lowest BCUT2D eigenvalue weighted by molar-refractivity contribution is 0.404. The van der Waals surface area contributed by atoms with Gasteiger partial charge in [0.05, 0.1) is 0 Å². The Balaban J connectivity index is 2.71. The third-order valence-corrected chi connectivity index (χ3v) is 2.87. The summed E-state index contributed by atoms with van der Waals surface area (Å²) in [6, 6.07) is 6.48. The first-order valence-corrected chi connectivity index (χ1v) is 5.58. The molecule has 84 valence electrons. The maximum Gasteiger partial charge on any atom is 0.0451 e. The van der Waals surface area contributed by atoms with E-state index in [0.29, 0.717) is 0 Å². The lowest BCUT2D eigenvalue weighted by Crippen LogP contribution is -2.11. The van der Waals surface area contributed by atoms with Crippen molar-refractivity contribution in [3.05, 3.63) is 41.2 Å². The summed E-state index contributed by atoms with van der Waals surface area (Å²) in [7, 11) is 4.20. The van der Waals surface area contributed by atoms with Crippen molar-refractivity contribution < 1.29 is 0 Å². The molecule has 2 aromatic rings. The molecule has 0 saturated carbocycles. The molecule has 0 aliphatic heterocycles. The third kappa shape index (κ3) is 1.93. The highest BCUT2D eigenvalue weighted by molar-refractivity contribution is 5.90. The van der Waals surface area contributed by atoms with Gasteiger partial charge in [-0.3, -0.25) is 4.98 Å². The lowest BCUT2D eigenvalue weighted by atomic mass is 10.0. The van der Waals surface area contributed by atoms with Crippen LogP contribution in [0.2, 0.25) is 0 Å². The van der Waals surface area contributed by atoms with E-state index < -0.39 is 0 Å². The second kappa shape index (κ2) is 4.22. The standard InChI is InChI=1S/C14H18N2/c1-10-8-15-11(2)13-7-5-6-12(14(10)13)9-16(3)4/h5-8H,9H2,1-4H3. The van der Waals surface area contributed by atoms with E-state index in [0.717, 1.165) is 12.2 Å². The second-order valence-electron chi connectivity index (χ2n) is 4.60. The molecule has 0 bridgehead atoms. The van der Waals surface area contributed by atoms with Gasteiger partial charge in [-0.25, -0.2) is 0 Å². The lowest BCUT2D eigenvalue weighted by Gasteiger charge is -2.14. The summed E-state index contributed by atoms with van der Waals surface area (Å²) in [5.74, 6) is 0. The minimum Gasteiger partial charge on any atom is -0.305 e. The summed E-state index contributed by atoms with van der Waals surface area (Å²) in [5.41, 5.74) is 3.75. The zero-order valence-corrected chi connectivity index (χ0v) is 10.4. The van der Waals surface area contributed by atoms with Crippen LogP contribution in [0.5, 0.6) is 0 Å². The van der Waals surface area contributed by atoms with Crippen molar-refractivity contribution in [2.24, 2.45) is 0 Å². The summed E-state index contributed by atoms with van der Waals surface area (Å²) < 4.78 is 0. The van der Waals surface area contributed by atoms with Crippen LogP contribution in [0.1, 0.15) is 16.8 Å². The number of benzene rings is 1. The summed E-state index contributed by atoms with van der Waals surface area (Å²) in [5, 5.41) is 2.64. The fraction of sp³-hybridized carbons (Fsp3) is 0.357. The summed E-state index contributed by atoms with van der Waals surface area (Å²) in [6.45, 7) is 5.18. The predicted molar refractivity (Wildman–Crippen MR) is 68.6 cm³/mol. The topological polar surface area (TPSA) is 16.1 Å². The molecule has 0 saturated heterocycles.